The summed E-state index contributed by atoms with van der Waals surface area (Å²) in [4.78, 5) is 22.7. The van der Waals surface area contributed by atoms with Crippen LogP contribution in [0.2, 0.25) is 0 Å². The number of rotatable bonds is 7. The first kappa shape index (κ1) is 17.9. The molecule has 1 aliphatic rings. The lowest BCUT2D eigenvalue weighted by Gasteiger charge is -2.35. The number of hydrogen-bond donors (Lipinski definition) is 2. The molecule has 21 heavy (non-hydrogen) atoms. The van der Waals surface area contributed by atoms with Gasteiger partial charge in [-0.1, -0.05) is 6.92 Å². The van der Waals surface area contributed by atoms with Crippen molar-refractivity contribution in [2.75, 3.05) is 18.9 Å². The minimum atomic E-state index is -3.88. The van der Waals surface area contributed by atoms with Gasteiger partial charge >= 0.3 is 11.9 Å². The number of carbonyl (C=O) groups excluding carboxylic acids is 1. The Morgan fingerprint density at radius 1 is 1.33 bits per heavy atom. The minimum Gasteiger partial charge on any atom is -0.481 e. The van der Waals surface area contributed by atoms with Gasteiger partial charge in [-0.2, -0.15) is 0 Å². The van der Waals surface area contributed by atoms with Crippen LogP contribution in [0.25, 0.3) is 0 Å². The monoisotopic (exact) mass is 321 g/mol. The van der Waals surface area contributed by atoms with Crippen LogP contribution in [-0.4, -0.2) is 44.4 Å². The molecule has 0 radical (unpaired) electrons. The number of hydrogen-bond acceptors (Lipinski definition) is 5. The summed E-state index contributed by atoms with van der Waals surface area (Å²) in [5.41, 5.74) is -1.08. The van der Waals surface area contributed by atoms with Crippen LogP contribution in [-0.2, 0) is 24.3 Å². The Kier molecular flexibility index (Phi) is 6.15. The summed E-state index contributed by atoms with van der Waals surface area (Å²) in [5, 5.41) is 9.41. The van der Waals surface area contributed by atoms with Gasteiger partial charge in [0, 0.05) is 6.54 Å². The van der Waals surface area contributed by atoms with E-state index >= 15 is 0 Å². The number of aliphatic carboxylic acids is 1. The highest BCUT2D eigenvalue weighted by atomic mass is 32.2. The van der Waals surface area contributed by atoms with Gasteiger partial charge in [0.25, 0.3) is 0 Å². The van der Waals surface area contributed by atoms with Crippen LogP contribution in [0.4, 0.5) is 0 Å². The third-order valence-corrected chi connectivity index (χ3v) is 5.13. The molecule has 122 valence electrons. The number of nitrogens with one attached hydrogen (secondary N) is 1. The molecule has 0 saturated heterocycles. The minimum absolute atomic E-state index is 0.102. The van der Waals surface area contributed by atoms with Gasteiger partial charge in [0.15, 0.2) is 5.75 Å². The highest BCUT2D eigenvalue weighted by Crippen LogP contribution is 2.38. The van der Waals surface area contributed by atoms with Crippen LogP contribution >= 0.6 is 0 Å². The molecule has 0 atom stereocenters. The lowest BCUT2D eigenvalue weighted by atomic mass is 9.71. The molecule has 0 unspecified atom stereocenters. The molecule has 0 aromatic rings. The predicted octanol–water partition coefficient (Wildman–Crippen LogP) is 0.750. The maximum Gasteiger partial charge on any atom is 0.322 e. The van der Waals surface area contributed by atoms with Crippen LogP contribution in [0, 0.1) is 11.3 Å². The zero-order valence-corrected chi connectivity index (χ0v) is 13.2. The molecule has 0 bridgehead atoms. The first-order valence-electron chi connectivity index (χ1n) is 7.07. The molecule has 1 aliphatic carbocycles. The highest BCUT2D eigenvalue weighted by Gasteiger charge is 2.42. The van der Waals surface area contributed by atoms with Crippen LogP contribution < -0.4 is 4.72 Å². The quantitative estimate of drug-likeness (QED) is 0.670. The van der Waals surface area contributed by atoms with E-state index in [4.69, 9.17) is 0 Å². The van der Waals surface area contributed by atoms with E-state index in [1.165, 1.54) is 0 Å². The maximum absolute atomic E-state index is 11.8. The average molecular weight is 321 g/mol. The fourth-order valence-electron chi connectivity index (χ4n) is 2.44. The molecule has 7 nitrogen and oxygen atoms in total. The number of ether oxygens (including phenoxy) is 1. The Balaban J connectivity index is 2.65. The third-order valence-electron chi connectivity index (χ3n) is 3.93. The Labute approximate surface area is 125 Å². The summed E-state index contributed by atoms with van der Waals surface area (Å²) in [6, 6.07) is 0. The fraction of sp³-hybridized carbons (Fsp3) is 0.846. The molecule has 0 amide bonds. The third kappa shape index (κ3) is 5.28. The van der Waals surface area contributed by atoms with E-state index in [-0.39, 0.29) is 13.2 Å². The van der Waals surface area contributed by atoms with Crippen molar-refractivity contribution in [1.82, 2.24) is 4.72 Å². The van der Waals surface area contributed by atoms with Gasteiger partial charge in [0.1, 0.15) is 0 Å². The molecule has 0 aromatic heterocycles. The van der Waals surface area contributed by atoms with Gasteiger partial charge < -0.3 is 9.84 Å². The zero-order chi connectivity index (χ0) is 16.1. The second kappa shape index (κ2) is 7.22. The average Bonchev–Trinajstić information content (AvgIpc) is 2.38. The Morgan fingerprint density at radius 2 is 1.90 bits per heavy atom. The van der Waals surface area contributed by atoms with E-state index in [1.807, 2.05) is 0 Å². The lowest BCUT2D eigenvalue weighted by molar-refractivity contribution is -0.151. The molecular formula is C13H23NO6S. The first-order chi connectivity index (χ1) is 9.71. The SMILES string of the molecule is CCOC(=O)CS(=O)(=O)NCC1(C(=O)O)CCC(C)CC1. The number of sulfonamides is 1. The molecule has 1 rings (SSSR count). The second-order valence-corrected chi connectivity index (χ2v) is 7.46. The molecule has 0 aliphatic heterocycles. The topological polar surface area (TPSA) is 110 Å². The second-order valence-electron chi connectivity index (χ2n) is 5.65. The number of esters is 1. The molecule has 0 heterocycles. The maximum atomic E-state index is 11.8. The van der Waals surface area contributed by atoms with Crippen LogP contribution in [0.5, 0.6) is 0 Å². The van der Waals surface area contributed by atoms with Crippen molar-refractivity contribution in [3.05, 3.63) is 0 Å². The molecule has 8 heteroatoms. The summed E-state index contributed by atoms with van der Waals surface area (Å²) in [6.45, 7) is 3.55. The van der Waals surface area contributed by atoms with Gasteiger partial charge in [-0.25, -0.2) is 13.1 Å². The van der Waals surface area contributed by atoms with Crippen molar-refractivity contribution >= 4 is 22.0 Å². The number of carbonyl (C=O) groups is 2. The predicted molar refractivity (Wildman–Crippen MR) is 76.1 cm³/mol. The molecule has 1 fully saturated rings. The van der Waals surface area contributed by atoms with Crippen LogP contribution in [0.15, 0.2) is 0 Å². The summed E-state index contributed by atoms with van der Waals surface area (Å²) in [5.74, 6) is -2.17. The van der Waals surface area contributed by atoms with Crippen molar-refractivity contribution < 1.29 is 27.9 Å². The van der Waals surface area contributed by atoms with E-state index in [0.29, 0.717) is 18.8 Å². The van der Waals surface area contributed by atoms with Crippen LogP contribution in [0.1, 0.15) is 39.5 Å². The Bertz CT molecular complexity index is 479. The largest absolute Gasteiger partial charge is 0.481 e. The zero-order valence-electron chi connectivity index (χ0n) is 12.4. The van der Waals surface area contributed by atoms with Gasteiger partial charge in [-0.05, 0) is 38.5 Å². The summed E-state index contributed by atoms with van der Waals surface area (Å²) < 4.78 is 30.4. The van der Waals surface area contributed by atoms with E-state index in [9.17, 15) is 23.1 Å². The van der Waals surface area contributed by atoms with Crippen molar-refractivity contribution in [3.8, 4) is 0 Å². The number of carboxylic acids is 1. The van der Waals surface area contributed by atoms with E-state index in [1.54, 1.807) is 6.92 Å². The van der Waals surface area contributed by atoms with Crippen molar-refractivity contribution in [2.24, 2.45) is 11.3 Å². The smallest absolute Gasteiger partial charge is 0.322 e. The highest BCUT2D eigenvalue weighted by molar-refractivity contribution is 7.90. The van der Waals surface area contributed by atoms with Gasteiger partial charge in [-0.15, -0.1) is 0 Å². The van der Waals surface area contributed by atoms with E-state index in [2.05, 4.69) is 16.4 Å². The first-order valence-corrected chi connectivity index (χ1v) is 8.72. The summed E-state index contributed by atoms with van der Waals surface area (Å²) in [7, 11) is -3.88. The fourth-order valence-corrected chi connectivity index (χ4v) is 3.43. The van der Waals surface area contributed by atoms with E-state index < -0.39 is 33.1 Å². The molecule has 2 N–H and O–H groups in total. The van der Waals surface area contributed by atoms with Gasteiger partial charge in [-0.3, -0.25) is 9.59 Å². The lowest BCUT2D eigenvalue weighted by Crippen LogP contribution is -2.46. The molecule has 0 spiro atoms. The van der Waals surface area contributed by atoms with Gasteiger partial charge in [0.2, 0.25) is 10.0 Å². The van der Waals surface area contributed by atoms with E-state index in [0.717, 1.165) is 12.8 Å². The Morgan fingerprint density at radius 3 is 2.38 bits per heavy atom. The molecule has 0 aromatic carbocycles. The van der Waals surface area contributed by atoms with Crippen molar-refractivity contribution in [3.63, 3.8) is 0 Å². The number of carboxylic acid groups (broad SMARTS) is 1. The van der Waals surface area contributed by atoms with Gasteiger partial charge in [0.05, 0.1) is 12.0 Å². The molecule has 1 saturated carbocycles. The van der Waals surface area contributed by atoms with Crippen molar-refractivity contribution in [1.29, 1.82) is 0 Å². The molecular weight excluding hydrogens is 298 g/mol. The van der Waals surface area contributed by atoms with Crippen LogP contribution in [0.3, 0.4) is 0 Å². The standard InChI is InChI=1S/C13H23NO6S/c1-3-20-11(15)8-21(18,19)14-9-13(12(16)17)6-4-10(2)5-7-13/h10,14H,3-9H2,1-2H3,(H,16,17). The normalized spacial score (nSPS) is 26.3. The Hall–Kier alpha value is -1.15. The summed E-state index contributed by atoms with van der Waals surface area (Å²) >= 11 is 0. The summed E-state index contributed by atoms with van der Waals surface area (Å²) in [6.07, 6.45) is 2.38. The van der Waals surface area contributed by atoms with Crippen molar-refractivity contribution in [2.45, 2.75) is 39.5 Å².